The Morgan fingerprint density at radius 3 is 3.05 bits per heavy atom. The number of para-hydroxylation sites is 1. The second kappa shape index (κ2) is 4.56. The quantitative estimate of drug-likeness (QED) is 0.725. The maximum atomic E-state index is 13.3. The van der Waals surface area contributed by atoms with E-state index >= 15 is 0 Å². The normalized spacial score (nSPS) is 17.8. The van der Waals surface area contributed by atoms with Crippen molar-refractivity contribution in [1.82, 2.24) is 4.98 Å². The molecule has 0 aliphatic carbocycles. The molecule has 100 valence electrons. The van der Waals surface area contributed by atoms with Crippen molar-refractivity contribution in [1.29, 1.82) is 0 Å². The van der Waals surface area contributed by atoms with Gasteiger partial charge in [-0.25, -0.2) is 9.37 Å². The minimum absolute atomic E-state index is 0.195. The van der Waals surface area contributed by atoms with E-state index in [0.29, 0.717) is 5.92 Å². The summed E-state index contributed by atoms with van der Waals surface area (Å²) in [7, 11) is 0. The van der Waals surface area contributed by atoms with Gasteiger partial charge < -0.3 is 5.32 Å². The van der Waals surface area contributed by atoms with Crippen molar-refractivity contribution in [2.75, 3.05) is 11.9 Å². The summed E-state index contributed by atoms with van der Waals surface area (Å²) in [4.78, 5) is 4.66. The molecular formula is C16H13FN2S. The number of rotatable bonds is 1. The van der Waals surface area contributed by atoms with E-state index in [1.165, 1.54) is 17.3 Å². The number of halogens is 1. The molecule has 1 aromatic heterocycles. The molecule has 0 bridgehead atoms. The maximum Gasteiger partial charge on any atom is 0.124 e. The van der Waals surface area contributed by atoms with Crippen LogP contribution in [0.15, 0.2) is 42.5 Å². The molecule has 4 heteroatoms. The van der Waals surface area contributed by atoms with E-state index in [-0.39, 0.29) is 5.82 Å². The van der Waals surface area contributed by atoms with Crippen molar-refractivity contribution in [3.8, 4) is 0 Å². The minimum atomic E-state index is -0.195. The van der Waals surface area contributed by atoms with Crippen molar-refractivity contribution in [2.24, 2.45) is 0 Å². The molecule has 0 amide bonds. The SMILES string of the molecule is Fc1ccc2nc(C3CNc4ccccc4C3)sc2c1. The first-order valence-electron chi connectivity index (χ1n) is 6.67. The van der Waals surface area contributed by atoms with E-state index in [1.54, 1.807) is 23.5 Å². The number of fused-ring (bicyclic) bond motifs is 2. The van der Waals surface area contributed by atoms with E-state index in [2.05, 4.69) is 28.5 Å². The van der Waals surface area contributed by atoms with Gasteiger partial charge in [-0.05, 0) is 36.2 Å². The Kier molecular flexibility index (Phi) is 2.70. The van der Waals surface area contributed by atoms with E-state index in [4.69, 9.17) is 0 Å². The van der Waals surface area contributed by atoms with Gasteiger partial charge in [0.05, 0.1) is 15.2 Å². The fourth-order valence-corrected chi connectivity index (χ4v) is 3.80. The second-order valence-corrected chi connectivity index (χ2v) is 6.17. The molecule has 2 nitrogen and oxygen atoms in total. The Morgan fingerprint density at radius 2 is 2.10 bits per heavy atom. The number of benzene rings is 2. The first-order valence-corrected chi connectivity index (χ1v) is 7.49. The topological polar surface area (TPSA) is 24.9 Å². The first-order chi connectivity index (χ1) is 9.79. The highest BCUT2D eigenvalue weighted by atomic mass is 32.1. The van der Waals surface area contributed by atoms with Gasteiger partial charge in [-0.15, -0.1) is 11.3 Å². The summed E-state index contributed by atoms with van der Waals surface area (Å²) < 4.78 is 14.2. The third kappa shape index (κ3) is 1.96. The Bertz CT molecular complexity index is 781. The van der Waals surface area contributed by atoms with E-state index in [1.807, 2.05) is 6.07 Å². The fourth-order valence-electron chi connectivity index (χ4n) is 2.71. The van der Waals surface area contributed by atoms with Crippen LogP contribution in [0.3, 0.4) is 0 Å². The second-order valence-electron chi connectivity index (χ2n) is 5.10. The largest absolute Gasteiger partial charge is 0.384 e. The number of hydrogen-bond donors (Lipinski definition) is 1. The molecule has 3 aromatic rings. The number of aromatic nitrogens is 1. The van der Waals surface area contributed by atoms with Crippen molar-refractivity contribution < 1.29 is 4.39 Å². The zero-order valence-electron chi connectivity index (χ0n) is 10.8. The zero-order chi connectivity index (χ0) is 13.5. The average molecular weight is 284 g/mol. The van der Waals surface area contributed by atoms with Gasteiger partial charge >= 0.3 is 0 Å². The van der Waals surface area contributed by atoms with Crippen molar-refractivity contribution in [3.05, 3.63) is 58.9 Å². The molecule has 1 N–H and O–H groups in total. The molecule has 1 aliphatic heterocycles. The van der Waals surface area contributed by atoms with Crippen LogP contribution >= 0.6 is 11.3 Å². The van der Waals surface area contributed by atoms with Gasteiger partial charge in [-0.3, -0.25) is 0 Å². The van der Waals surface area contributed by atoms with Crippen molar-refractivity contribution in [2.45, 2.75) is 12.3 Å². The van der Waals surface area contributed by atoms with Gasteiger partial charge in [0, 0.05) is 18.2 Å². The lowest BCUT2D eigenvalue weighted by molar-refractivity contribution is 0.630. The molecular weight excluding hydrogens is 271 g/mol. The number of nitrogens with one attached hydrogen (secondary N) is 1. The van der Waals surface area contributed by atoms with Crippen molar-refractivity contribution in [3.63, 3.8) is 0 Å². The summed E-state index contributed by atoms with van der Waals surface area (Å²) in [5.74, 6) is 0.171. The summed E-state index contributed by atoms with van der Waals surface area (Å²) in [5, 5.41) is 4.55. The first kappa shape index (κ1) is 11.9. The van der Waals surface area contributed by atoms with Crippen LogP contribution in [0.2, 0.25) is 0 Å². The predicted molar refractivity (Wildman–Crippen MR) is 81.0 cm³/mol. The predicted octanol–water partition coefficient (Wildman–Crippen LogP) is 4.19. The fraction of sp³-hybridized carbons (Fsp3) is 0.188. The molecule has 0 saturated heterocycles. The summed E-state index contributed by atoms with van der Waals surface area (Å²) in [5.41, 5.74) is 3.44. The van der Waals surface area contributed by atoms with Gasteiger partial charge in [0.1, 0.15) is 5.82 Å². The van der Waals surface area contributed by atoms with Crippen LogP contribution in [0, 0.1) is 5.82 Å². The van der Waals surface area contributed by atoms with Gasteiger partial charge in [0.15, 0.2) is 0 Å². The highest BCUT2D eigenvalue weighted by molar-refractivity contribution is 7.18. The van der Waals surface area contributed by atoms with Crippen LogP contribution in [-0.2, 0) is 6.42 Å². The van der Waals surface area contributed by atoms with Crippen LogP contribution in [0.25, 0.3) is 10.2 Å². The van der Waals surface area contributed by atoms with Crippen LogP contribution in [0.5, 0.6) is 0 Å². The van der Waals surface area contributed by atoms with Crippen LogP contribution in [0.1, 0.15) is 16.5 Å². The van der Waals surface area contributed by atoms with Gasteiger partial charge in [0.25, 0.3) is 0 Å². The van der Waals surface area contributed by atoms with Gasteiger partial charge in [0.2, 0.25) is 0 Å². The number of hydrogen-bond acceptors (Lipinski definition) is 3. The zero-order valence-corrected chi connectivity index (χ0v) is 11.6. The lowest BCUT2D eigenvalue weighted by Crippen LogP contribution is -2.21. The summed E-state index contributed by atoms with van der Waals surface area (Å²) in [6, 6.07) is 13.2. The van der Waals surface area contributed by atoms with Gasteiger partial charge in [-0.1, -0.05) is 18.2 Å². The third-order valence-electron chi connectivity index (χ3n) is 3.74. The van der Waals surface area contributed by atoms with E-state index in [0.717, 1.165) is 28.2 Å². The van der Waals surface area contributed by atoms with E-state index in [9.17, 15) is 4.39 Å². The number of thiazole rings is 1. The molecule has 0 radical (unpaired) electrons. The molecule has 0 spiro atoms. The molecule has 2 heterocycles. The molecule has 20 heavy (non-hydrogen) atoms. The highest BCUT2D eigenvalue weighted by Crippen LogP contribution is 2.34. The maximum absolute atomic E-state index is 13.3. The van der Waals surface area contributed by atoms with Gasteiger partial charge in [-0.2, -0.15) is 0 Å². The Hall–Kier alpha value is -1.94. The summed E-state index contributed by atoms with van der Waals surface area (Å²) in [6.07, 6.45) is 0.992. The number of nitrogens with zero attached hydrogens (tertiary/aromatic N) is 1. The Balaban J connectivity index is 1.70. The lowest BCUT2D eigenvalue weighted by Gasteiger charge is -2.24. The van der Waals surface area contributed by atoms with Crippen LogP contribution < -0.4 is 5.32 Å². The molecule has 1 aliphatic rings. The summed E-state index contributed by atoms with van der Waals surface area (Å²) >= 11 is 1.60. The highest BCUT2D eigenvalue weighted by Gasteiger charge is 2.22. The van der Waals surface area contributed by atoms with E-state index < -0.39 is 0 Å². The monoisotopic (exact) mass is 284 g/mol. The molecule has 0 fully saturated rings. The minimum Gasteiger partial charge on any atom is -0.384 e. The lowest BCUT2D eigenvalue weighted by atomic mass is 9.94. The Morgan fingerprint density at radius 1 is 1.20 bits per heavy atom. The molecule has 0 saturated carbocycles. The van der Waals surface area contributed by atoms with Crippen LogP contribution in [-0.4, -0.2) is 11.5 Å². The van der Waals surface area contributed by atoms with Crippen molar-refractivity contribution >= 4 is 27.2 Å². The van der Waals surface area contributed by atoms with Crippen LogP contribution in [0.4, 0.5) is 10.1 Å². The molecule has 2 aromatic carbocycles. The molecule has 4 rings (SSSR count). The molecule has 1 unspecified atom stereocenters. The Labute approximate surface area is 120 Å². The molecule has 1 atom stereocenters. The third-order valence-corrected chi connectivity index (χ3v) is 4.92. The smallest absolute Gasteiger partial charge is 0.124 e. The number of anilines is 1. The standard InChI is InChI=1S/C16H13FN2S/c17-12-5-6-14-15(8-12)20-16(19-14)11-7-10-3-1-2-4-13(10)18-9-11/h1-6,8,11,18H,7,9H2. The average Bonchev–Trinajstić information content (AvgIpc) is 2.89. The summed E-state index contributed by atoms with van der Waals surface area (Å²) in [6.45, 7) is 0.888.